The SMILES string of the molecule is Nc1ncnc2c1ncn2[C@@H]1O[C@H](COP(=O)([O-])OC(=O)c2ccc(O)cc2)[C@@H](O)[C@H]1O. The summed E-state index contributed by atoms with van der Waals surface area (Å²) in [5.41, 5.74) is 6.07. The Balaban J connectivity index is 1.42. The lowest BCUT2D eigenvalue weighted by Gasteiger charge is -2.24. The van der Waals surface area contributed by atoms with Crippen molar-refractivity contribution in [1.82, 2.24) is 19.5 Å². The van der Waals surface area contributed by atoms with Crippen molar-refractivity contribution in [3.05, 3.63) is 42.5 Å². The van der Waals surface area contributed by atoms with Crippen LogP contribution in [0.25, 0.3) is 11.2 Å². The number of nitrogens with two attached hydrogens (primary N) is 1. The molecule has 1 saturated heterocycles. The van der Waals surface area contributed by atoms with E-state index in [9.17, 15) is 29.6 Å². The van der Waals surface area contributed by atoms with Gasteiger partial charge in [-0.3, -0.25) is 9.13 Å². The number of aliphatic hydroxyl groups is 2. The molecule has 1 aliphatic rings. The predicted molar refractivity (Wildman–Crippen MR) is 103 cm³/mol. The first kappa shape index (κ1) is 22.1. The minimum absolute atomic E-state index is 0.101. The van der Waals surface area contributed by atoms with Gasteiger partial charge in [0, 0.05) is 0 Å². The zero-order valence-electron chi connectivity index (χ0n) is 16.1. The summed E-state index contributed by atoms with van der Waals surface area (Å²) >= 11 is 0. The number of anilines is 1. The molecule has 1 aliphatic heterocycles. The van der Waals surface area contributed by atoms with E-state index in [1.165, 1.54) is 29.4 Å². The van der Waals surface area contributed by atoms with Crippen LogP contribution in [-0.4, -0.2) is 65.7 Å². The van der Waals surface area contributed by atoms with E-state index in [4.69, 9.17) is 10.5 Å². The summed E-state index contributed by atoms with van der Waals surface area (Å²) in [4.78, 5) is 35.8. The van der Waals surface area contributed by atoms with Crippen LogP contribution < -0.4 is 10.6 Å². The van der Waals surface area contributed by atoms with Gasteiger partial charge >= 0.3 is 13.8 Å². The number of nitrogens with zero attached hydrogens (tertiary/aromatic N) is 4. The van der Waals surface area contributed by atoms with Crippen molar-refractivity contribution in [3.8, 4) is 5.75 Å². The maximum atomic E-state index is 12.0. The first-order valence-electron chi connectivity index (χ1n) is 9.09. The van der Waals surface area contributed by atoms with Gasteiger partial charge in [0.2, 0.25) is 0 Å². The molecule has 1 fully saturated rings. The molecule has 14 nitrogen and oxygen atoms in total. The number of carbonyl (C=O) groups is 1. The fourth-order valence-corrected chi connectivity index (χ4v) is 3.79. The summed E-state index contributed by atoms with van der Waals surface area (Å²) in [6.07, 6.45) is -3.03. The monoisotopic (exact) mass is 466 g/mol. The van der Waals surface area contributed by atoms with Gasteiger partial charge in [0.05, 0.1) is 18.5 Å². The maximum Gasteiger partial charge on any atom is 0.343 e. The lowest BCUT2D eigenvalue weighted by molar-refractivity contribution is -0.222. The zero-order chi connectivity index (χ0) is 23.0. The van der Waals surface area contributed by atoms with Crippen LogP contribution in [0.15, 0.2) is 36.9 Å². The molecule has 3 aromatic rings. The summed E-state index contributed by atoms with van der Waals surface area (Å²) in [5.74, 6) is -1.25. The molecule has 0 saturated carbocycles. The van der Waals surface area contributed by atoms with E-state index in [1.807, 2.05) is 0 Å². The van der Waals surface area contributed by atoms with Crippen LogP contribution in [0.4, 0.5) is 5.82 Å². The number of hydrogen-bond acceptors (Lipinski definition) is 13. The van der Waals surface area contributed by atoms with E-state index in [0.29, 0.717) is 0 Å². The van der Waals surface area contributed by atoms with E-state index in [-0.39, 0.29) is 28.3 Å². The number of aromatic nitrogens is 4. The molecule has 170 valence electrons. The van der Waals surface area contributed by atoms with E-state index >= 15 is 0 Å². The smallest absolute Gasteiger partial charge is 0.343 e. The number of fused-ring (bicyclic) bond motifs is 1. The van der Waals surface area contributed by atoms with Crippen molar-refractivity contribution in [2.24, 2.45) is 0 Å². The number of phosphoric acid groups is 1. The molecule has 0 spiro atoms. The highest BCUT2D eigenvalue weighted by Gasteiger charge is 2.45. The number of phosphoric ester groups is 1. The lowest BCUT2D eigenvalue weighted by atomic mass is 10.1. The van der Waals surface area contributed by atoms with Gasteiger partial charge in [0.25, 0.3) is 0 Å². The Morgan fingerprint density at radius 3 is 2.66 bits per heavy atom. The van der Waals surface area contributed by atoms with Crippen LogP contribution in [0, 0.1) is 0 Å². The molecule has 15 heteroatoms. The number of phenols is 1. The Labute approximate surface area is 179 Å². The molecule has 1 unspecified atom stereocenters. The average Bonchev–Trinajstić information content (AvgIpc) is 3.29. The number of carbonyl (C=O) groups excluding carboxylic acids is 1. The number of hydrogen-bond donors (Lipinski definition) is 4. The van der Waals surface area contributed by atoms with Crippen molar-refractivity contribution in [1.29, 1.82) is 0 Å². The number of benzene rings is 1. The van der Waals surface area contributed by atoms with Gasteiger partial charge in [-0.1, -0.05) is 0 Å². The molecule has 0 amide bonds. The molecule has 1 aromatic carbocycles. The zero-order valence-corrected chi connectivity index (χ0v) is 17.0. The molecule has 4 rings (SSSR count). The summed E-state index contributed by atoms with van der Waals surface area (Å²) in [6.45, 7) is -0.748. The summed E-state index contributed by atoms with van der Waals surface area (Å²) in [6, 6.07) is 4.67. The Morgan fingerprint density at radius 2 is 1.94 bits per heavy atom. The molecule has 5 N–H and O–H groups in total. The van der Waals surface area contributed by atoms with E-state index in [1.54, 1.807) is 0 Å². The Hall–Kier alpha value is -3.13. The second kappa shape index (κ2) is 8.43. The maximum absolute atomic E-state index is 12.0. The van der Waals surface area contributed by atoms with Crippen molar-refractivity contribution >= 4 is 30.8 Å². The van der Waals surface area contributed by atoms with E-state index in [0.717, 1.165) is 12.1 Å². The van der Waals surface area contributed by atoms with Crippen LogP contribution in [-0.2, 0) is 18.3 Å². The normalized spacial score (nSPS) is 25.0. The fraction of sp³-hybridized carbons (Fsp3) is 0.294. The summed E-state index contributed by atoms with van der Waals surface area (Å²) < 4.78 is 27.9. The molecule has 0 aliphatic carbocycles. The van der Waals surface area contributed by atoms with Gasteiger partial charge < -0.3 is 39.7 Å². The van der Waals surface area contributed by atoms with Crippen molar-refractivity contribution in [3.63, 3.8) is 0 Å². The third kappa shape index (κ3) is 4.27. The molecule has 0 radical (unpaired) electrons. The third-order valence-corrected chi connectivity index (χ3v) is 5.55. The highest BCUT2D eigenvalue weighted by atomic mass is 31.2. The van der Waals surface area contributed by atoms with Crippen LogP contribution in [0.5, 0.6) is 5.75 Å². The van der Waals surface area contributed by atoms with Crippen LogP contribution in [0.1, 0.15) is 16.6 Å². The van der Waals surface area contributed by atoms with Gasteiger partial charge in [-0.05, 0) is 24.3 Å². The van der Waals surface area contributed by atoms with Crippen LogP contribution in [0.2, 0.25) is 0 Å². The van der Waals surface area contributed by atoms with Gasteiger partial charge in [-0.15, -0.1) is 0 Å². The molecular weight excluding hydrogens is 449 g/mol. The molecule has 2 aromatic heterocycles. The van der Waals surface area contributed by atoms with Crippen LogP contribution >= 0.6 is 7.82 Å². The quantitative estimate of drug-likeness (QED) is 0.324. The standard InChI is InChI=1S/C17H18N5O9P/c18-14-11-15(20-6-19-14)22(7-21-11)16-13(25)12(24)10(30-16)5-29-32(27,28)31-17(26)8-1-3-9(23)4-2-8/h1-4,6-7,10,12-13,16,23-25H,5H2,(H,27,28)(H2,18,19,20)/p-1/t10-,12-,13-,16-/m1/s1. The molecule has 0 bridgehead atoms. The summed E-state index contributed by atoms with van der Waals surface area (Å²) in [7, 11) is -5.14. The second-order valence-corrected chi connectivity index (χ2v) is 8.13. The van der Waals surface area contributed by atoms with Crippen molar-refractivity contribution in [2.45, 2.75) is 24.5 Å². The first-order valence-corrected chi connectivity index (χ1v) is 10.6. The van der Waals surface area contributed by atoms with E-state index < -0.39 is 44.9 Å². The highest BCUT2D eigenvalue weighted by Crippen LogP contribution is 2.41. The topological polar surface area (TPSA) is 215 Å². The number of ether oxygens (including phenoxy) is 1. The highest BCUT2D eigenvalue weighted by molar-refractivity contribution is 7.46. The van der Waals surface area contributed by atoms with Crippen molar-refractivity contribution < 1.29 is 43.4 Å². The molecule has 3 heterocycles. The summed E-state index contributed by atoms with van der Waals surface area (Å²) in [5, 5.41) is 29.8. The first-order chi connectivity index (χ1) is 15.2. The number of rotatable bonds is 6. The van der Waals surface area contributed by atoms with Gasteiger partial charge in [-0.2, -0.15) is 0 Å². The largest absolute Gasteiger partial charge is 0.746 e. The third-order valence-electron chi connectivity index (χ3n) is 4.69. The number of aromatic hydroxyl groups is 1. The molecule has 5 atom stereocenters. The minimum atomic E-state index is -5.14. The molecule has 32 heavy (non-hydrogen) atoms. The molecular formula is C17H17N5O9P-. The number of aliphatic hydroxyl groups excluding tert-OH is 2. The Morgan fingerprint density at radius 1 is 1.22 bits per heavy atom. The van der Waals surface area contributed by atoms with Crippen LogP contribution in [0.3, 0.4) is 0 Å². The lowest BCUT2D eigenvalue weighted by Crippen LogP contribution is -2.34. The fourth-order valence-electron chi connectivity index (χ4n) is 3.10. The number of nitrogen functional groups attached to an aromatic ring is 1. The van der Waals surface area contributed by atoms with Gasteiger partial charge in [0.1, 0.15) is 35.9 Å². The second-order valence-electron chi connectivity index (χ2n) is 6.80. The number of phenolic OH excluding ortho intramolecular Hbond substituents is 1. The Bertz CT molecular complexity index is 1190. The Kier molecular flexibility index (Phi) is 5.81. The van der Waals surface area contributed by atoms with Gasteiger partial charge in [0.15, 0.2) is 17.7 Å². The number of imidazole rings is 1. The average molecular weight is 466 g/mol. The minimum Gasteiger partial charge on any atom is -0.746 e. The van der Waals surface area contributed by atoms with E-state index in [2.05, 4.69) is 24.0 Å². The van der Waals surface area contributed by atoms with Crippen molar-refractivity contribution in [2.75, 3.05) is 12.3 Å². The van der Waals surface area contributed by atoms with Gasteiger partial charge in [-0.25, -0.2) is 19.7 Å². The predicted octanol–water partition coefficient (Wildman–Crippen LogP) is -0.925.